The number of rotatable bonds is 3. The molecule has 1 amide bonds. The van der Waals surface area contributed by atoms with Crippen LogP contribution in [-0.4, -0.2) is 20.8 Å². The lowest BCUT2D eigenvalue weighted by atomic mass is 10.1. The van der Waals surface area contributed by atoms with Gasteiger partial charge in [-0.3, -0.25) is 9.48 Å². The van der Waals surface area contributed by atoms with Gasteiger partial charge in [0.05, 0.1) is 5.69 Å². The van der Waals surface area contributed by atoms with Crippen LogP contribution in [0.1, 0.15) is 32.9 Å². The molecule has 2 aromatic rings. The SMILES string of the molecule is Cc1cc(C(=O)NCc2c(C)nn(C)c2C)ccc1O. The first-order valence-electron chi connectivity index (χ1n) is 6.47. The Morgan fingerprint density at radius 3 is 2.60 bits per heavy atom. The summed E-state index contributed by atoms with van der Waals surface area (Å²) in [7, 11) is 1.89. The smallest absolute Gasteiger partial charge is 0.251 e. The molecule has 2 N–H and O–H groups in total. The normalized spacial score (nSPS) is 10.6. The number of nitrogens with zero attached hydrogens (tertiary/aromatic N) is 2. The Balaban J connectivity index is 2.10. The highest BCUT2D eigenvalue weighted by molar-refractivity contribution is 5.94. The zero-order valence-electron chi connectivity index (χ0n) is 12.2. The first-order chi connectivity index (χ1) is 9.40. The number of aryl methyl sites for hydroxylation is 3. The Kier molecular flexibility index (Phi) is 3.79. The van der Waals surface area contributed by atoms with Crippen LogP contribution in [0.25, 0.3) is 0 Å². The molecule has 0 fully saturated rings. The van der Waals surface area contributed by atoms with Gasteiger partial charge in [-0.2, -0.15) is 5.10 Å². The zero-order valence-corrected chi connectivity index (χ0v) is 12.2. The van der Waals surface area contributed by atoms with Crippen LogP contribution in [0.2, 0.25) is 0 Å². The van der Waals surface area contributed by atoms with Crippen molar-refractivity contribution < 1.29 is 9.90 Å². The van der Waals surface area contributed by atoms with Gasteiger partial charge in [0.2, 0.25) is 0 Å². The molecule has 0 saturated heterocycles. The van der Waals surface area contributed by atoms with Crippen LogP contribution in [0.5, 0.6) is 5.75 Å². The minimum absolute atomic E-state index is 0.157. The van der Waals surface area contributed by atoms with Crippen LogP contribution in [0, 0.1) is 20.8 Å². The van der Waals surface area contributed by atoms with Crippen molar-refractivity contribution in [3.8, 4) is 5.75 Å². The number of phenolic OH excluding ortho intramolecular Hbond substituents is 1. The number of carbonyl (C=O) groups excluding carboxylic acids is 1. The number of hydrogen-bond donors (Lipinski definition) is 2. The molecule has 5 nitrogen and oxygen atoms in total. The lowest BCUT2D eigenvalue weighted by Gasteiger charge is -2.07. The second-order valence-corrected chi connectivity index (χ2v) is 4.96. The van der Waals surface area contributed by atoms with Crippen LogP contribution < -0.4 is 5.32 Å². The van der Waals surface area contributed by atoms with Crippen LogP contribution in [-0.2, 0) is 13.6 Å². The Morgan fingerprint density at radius 1 is 1.35 bits per heavy atom. The van der Waals surface area contributed by atoms with Crippen molar-refractivity contribution in [2.75, 3.05) is 0 Å². The molecular formula is C15H19N3O2. The molecule has 0 bridgehead atoms. The van der Waals surface area contributed by atoms with Gasteiger partial charge in [-0.1, -0.05) is 0 Å². The maximum absolute atomic E-state index is 12.1. The van der Waals surface area contributed by atoms with Gasteiger partial charge in [0.15, 0.2) is 0 Å². The van der Waals surface area contributed by atoms with E-state index in [2.05, 4.69) is 10.4 Å². The molecule has 0 aliphatic carbocycles. The molecule has 0 unspecified atom stereocenters. The maximum atomic E-state index is 12.1. The lowest BCUT2D eigenvalue weighted by molar-refractivity contribution is 0.0950. The van der Waals surface area contributed by atoms with E-state index in [1.165, 1.54) is 6.07 Å². The third-order valence-corrected chi connectivity index (χ3v) is 3.54. The van der Waals surface area contributed by atoms with E-state index >= 15 is 0 Å². The van der Waals surface area contributed by atoms with Crippen molar-refractivity contribution in [3.05, 3.63) is 46.3 Å². The molecule has 0 radical (unpaired) electrons. The average molecular weight is 273 g/mol. The summed E-state index contributed by atoms with van der Waals surface area (Å²) < 4.78 is 1.81. The largest absolute Gasteiger partial charge is 0.508 e. The van der Waals surface area contributed by atoms with Gasteiger partial charge in [0.25, 0.3) is 5.91 Å². The molecule has 1 aromatic heterocycles. The monoisotopic (exact) mass is 273 g/mol. The molecule has 0 aliphatic heterocycles. The van der Waals surface area contributed by atoms with Gasteiger partial charge in [-0.15, -0.1) is 0 Å². The molecule has 2 rings (SSSR count). The van der Waals surface area contributed by atoms with Crippen LogP contribution in [0.3, 0.4) is 0 Å². The number of phenols is 1. The zero-order chi connectivity index (χ0) is 14.9. The van der Waals surface area contributed by atoms with Gasteiger partial charge in [0.1, 0.15) is 5.75 Å². The van der Waals surface area contributed by atoms with Gasteiger partial charge in [0, 0.05) is 30.4 Å². The summed E-state index contributed by atoms with van der Waals surface area (Å²) >= 11 is 0. The summed E-state index contributed by atoms with van der Waals surface area (Å²) in [5, 5.41) is 16.7. The minimum Gasteiger partial charge on any atom is -0.508 e. The van der Waals surface area contributed by atoms with Gasteiger partial charge in [-0.05, 0) is 44.5 Å². The molecule has 106 valence electrons. The molecule has 5 heteroatoms. The third-order valence-electron chi connectivity index (χ3n) is 3.54. The fourth-order valence-electron chi connectivity index (χ4n) is 2.14. The highest BCUT2D eigenvalue weighted by Gasteiger charge is 2.12. The van der Waals surface area contributed by atoms with E-state index in [1.807, 2.05) is 25.6 Å². The molecule has 20 heavy (non-hydrogen) atoms. The second kappa shape index (κ2) is 5.36. The van der Waals surface area contributed by atoms with E-state index in [1.54, 1.807) is 19.1 Å². The highest BCUT2D eigenvalue weighted by atomic mass is 16.3. The number of amides is 1. The summed E-state index contributed by atoms with van der Waals surface area (Å²) in [5.74, 6) is 0.0382. The molecule has 0 saturated carbocycles. The summed E-state index contributed by atoms with van der Waals surface area (Å²) in [5.41, 5.74) is 4.24. The molecule has 1 heterocycles. The quantitative estimate of drug-likeness (QED) is 0.898. The number of hydrogen-bond acceptors (Lipinski definition) is 3. The number of nitrogens with one attached hydrogen (secondary N) is 1. The van der Waals surface area contributed by atoms with E-state index in [-0.39, 0.29) is 11.7 Å². The predicted molar refractivity (Wildman–Crippen MR) is 76.7 cm³/mol. The number of benzene rings is 1. The summed E-state index contributed by atoms with van der Waals surface area (Å²) in [6, 6.07) is 4.82. The van der Waals surface area contributed by atoms with Gasteiger partial charge in [-0.25, -0.2) is 0 Å². The standard InChI is InChI=1S/C15H19N3O2/c1-9-7-12(5-6-14(9)19)15(20)16-8-13-10(2)17-18(4)11(13)3/h5-7,19H,8H2,1-4H3,(H,16,20). The molecule has 0 spiro atoms. The van der Waals surface area contributed by atoms with Gasteiger partial charge >= 0.3 is 0 Å². The summed E-state index contributed by atoms with van der Waals surface area (Å²) in [6.45, 7) is 6.12. The van der Waals surface area contributed by atoms with Crippen molar-refractivity contribution in [1.29, 1.82) is 0 Å². The minimum atomic E-state index is -0.157. The predicted octanol–water partition coefficient (Wildman–Crippen LogP) is 1.98. The van der Waals surface area contributed by atoms with Crippen molar-refractivity contribution >= 4 is 5.91 Å². The second-order valence-electron chi connectivity index (χ2n) is 4.96. The van der Waals surface area contributed by atoms with E-state index in [9.17, 15) is 9.90 Å². The van der Waals surface area contributed by atoms with E-state index in [0.717, 1.165) is 17.0 Å². The highest BCUT2D eigenvalue weighted by Crippen LogP contribution is 2.17. The number of aromatic nitrogens is 2. The van der Waals surface area contributed by atoms with Crippen LogP contribution >= 0.6 is 0 Å². The Bertz CT molecular complexity index is 659. The molecule has 1 aromatic carbocycles. The summed E-state index contributed by atoms with van der Waals surface area (Å²) in [6.07, 6.45) is 0. The topological polar surface area (TPSA) is 67.2 Å². The fraction of sp³-hybridized carbons (Fsp3) is 0.333. The number of aromatic hydroxyl groups is 1. The maximum Gasteiger partial charge on any atom is 0.251 e. The molecular weight excluding hydrogens is 254 g/mol. The Labute approximate surface area is 118 Å². The van der Waals surface area contributed by atoms with Gasteiger partial charge < -0.3 is 10.4 Å². The third kappa shape index (κ3) is 2.66. The van der Waals surface area contributed by atoms with Crippen molar-refractivity contribution in [2.24, 2.45) is 7.05 Å². The first-order valence-corrected chi connectivity index (χ1v) is 6.47. The number of carbonyl (C=O) groups is 1. The van der Waals surface area contributed by atoms with Crippen molar-refractivity contribution in [3.63, 3.8) is 0 Å². The van der Waals surface area contributed by atoms with Crippen molar-refractivity contribution in [1.82, 2.24) is 15.1 Å². The Morgan fingerprint density at radius 2 is 2.05 bits per heavy atom. The first kappa shape index (κ1) is 14.1. The van der Waals surface area contributed by atoms with Crippen molar-refractivity contribution in [2.45, 2.75) is 27.3 Å². The van der Waals surface area contributed by atoms with E-state index < -0.39 is 0 Å². The van der Waals surface area contributed by atoms with Crippen LogP contribution in [0.4, 0.5) is 0 Å². The van der Waals surface area contributed by atoms with Crippen LogP contribution in [0.15, 0.2) is 18.2 Å². The molecule has 0 aliphatic rings. The molecule has 0 atom stereocenters. The average Bonchev–Trinajstić information content (AvgIpc) is 2.64. The van der Waals surface area contributed by atoms with E-state index in [4.69, 9.17) is 0 Å². The lowest BCUT2D eigenvalue weighted by Crippen LogP contribution is -2.23. The fourth-order valence-corrected chi connectivity index (χ4v) is 2.14. The van der Waals surface area contributed by atoms with E-state index in [0.29, 0.717) is 17.7 Å². The Hall–Kier alpha value is -2.30. The summed E-state index contributed by atoms with van der Waals surface area (Å²) in [4.78, 5) is 12.1.